The minimum atomic E-state index is 0.0131. The molecule has 16 heavy (non-hydrogen) atoms. The number of carbonyl (C=O) groups is 1. The number of rotatable bonds is 5. The van der Waals surface area contributed by atoms with E-state index >= 15 is 0 Å². The number of pyridine rings is 1. The molecule has 0 fully saturated rings. The molecule has 0 unspecified atom stereocenters. The van der Waals surface area contributed by atoms with Crippen LogP contribution in [0.3, 0.4) is 0 Å². The Morgan fingerprint density at radius 3 is 2.75 bits per heavy atom. The highest BCUT2D eigenvalue weighted by atomic mass is 16.1. The average Bonchev–Trinajstić information content (AvgIpc) is 2.30. The Hall–Kier alpha value is -1.89. The Bertz CT molecular complexity index is 392. The molecule has 0 aromatic carbocycles. The third-order valence-corrected chi connectivity index (χ3v) is 2.35. The van der Waals surface area contributed by atoms with Gasteiger partial charge >= 0.3 is 0 Å². The van der Waals surface area contributed by atoms with E-state index in [1.807, 2.05) is 17.9 Å². The number of anilines is 1. The van der Waals surface area contributed by atoms with Crippen molar-refractivity contribution in [3.8, 4) is 6.07 Å². The van der Waals surface area contributed by atoms with E-state index in [9.17, 15) is 4.79 Å². The molecule has 0 radical (unpaired) electrons. The van der Waals surface area contributed by atoms with Gasteiger partial charge in [0.2, 0.25) is 0 Å². The van der Waals surface area contributed by atoms with Gasteiger partial charge in [0.25, 0.3) is 0 Å². The molecular formula is C12H15N3O. The summed E-state index contributed by atoms with van der Waals surface area (Å²) in [5.74, 6) is 0.821. The lowest BCUT2D eigenvalue weighted by Crippen LogP contribution is -2.24. The zero-order chi connectivity index (χ0) is 12.0. The summed E-state index contributed by atoms with van der Waals surface area (Å²) in [7, 11) is 0. The van der Waals surface area contributed by atoms with Crippen molar-refractivity contribution in [2.45, 2.75) is 20.3 Å². The topological polar surface area (TPSA) is 57.0 Å². The van der Waals surface area contributed by atoms with Crippen LogP contribution < -0.4 is 4.90 Å². The van der Waals surface area contributed by atoms with Crippen molar-refractivity contribution >= 4 is 11.6 Å². The van der Waals surface area contributed by atoms with Gasteiger partial charge in [0.1, 0.15) is 5.82 Å². The second-order valence-electron chi connectivity index (χ2n) is 3.45. The molecule has 4 heteroatoms. The summed E-state index contributed by atoms with van der Waals surface area (Å²) in [5.41, 5.74) is 0.611. The maximum atomic E-state index is 11.1. The van der Waals surface area contributed by atoms with Crippen molar-refractivity contribution in [1.29, 1.82) is 5.26 Å². The van der Waals surface area contributed by atoms with Crippen LogP contribution in [0.2, 0.25) is 0 Å². The van der Waals surface area contributed by atoms with Crippen molar-refractivity contribution in [1.82, 2.24) is 4.98 Å². The number of carbonyl (C=O) groups excluding carboxylic acids is 1. The van der Waals surface area contributed by atoms with Gasteiger partial charge in [-0.05, 0) is 26.0 Å². The van der Waals surface area contributed by atoms with Gasteiger partial charge in [-0.25, -0.2) is 4.98 Å². The molecular weight excluding hydrogens is 202 g/mol. The first-order valence-corrected chi connectivity index (χ1v) is 5.28. The Labute approximate surface area is 95.5 Å². The summed E-state index contributed by atoms with van der Waals surface area (Å²) >= 11 is 0. The molecule has 84 valence electrons. The molecule has 0 aliphatic rings. The predicted molar refractivity (Wildman–Crippen MR) is 62.4 cm³/mol. The van der Waals surface area contributed by atoms with Crippen molar-refractivity contribution in [2.24, 2.45) is 0 Å². The molecule has 0 bridgehead atoms. The zero-order valence-corrected chi connectivity index (χ0v) is 9.60. The molecule has 0 N–H and O–H groups in total. The van der Waals surface area contributed by atoms with Gasteiger partial charge in [-0.2, -0.15) is 5.26 Å². The first-order valence-electron chi connectivity index (χ1n) is 5.28. The first kappa shape index (κ1) is 12.2. The summed E-state index contributed by atoms with van der Waals surface area (Å²) in [5, 5.41) is 8.53. The normalized spacial score (nSPS) is 9.56. The van der Waals surface area contributed by atoms with E-state index in [2.05, 4.69) is 11.1 Å². The van der Waals surface area contributed by atoms with E-state index in [0.717, 1.165) is 12.4 Å². The molecule has 0 aliphatic carbocycles. The molecule has 1 aromatic rings. The number of nitrogens with zero attached hydrogens (tertiary/aromatic N) is 3. The van der Waals surface area contributed by atoms with E-state index in [1.165, 1.54) is 6.92 Å². The molecule has 4 nitrogen and oxygen atoms in total. The van der Waals surface area contributed by atoms with Gasteiger partial charge in [-0.3, -0.25) is 4.79 Å². The molecule has 0 amide bonds. The van der Waals surface area contributed by atoms with E-state index in [-0.39, 0.29) is 5.78 Å². The van der Waals surface area contributed by atoms with Crippen LogP contribution >= 0.6 is 0 Å². The van der Waals surface area contributed by atoms with Crippen molar-refractivity contribution < 1.29 is 4.79 Å². The van der Waals surface area contributed by atoms with Crippen LogP contribution in [0, 0.1) is 11.3 Å². The molecule has 1 heterocycles. The quantitative estimate of drug-likeness (QED) is 0.708. The zero-order valence-electron chi connectivity index (χ0n) is 9.60. The highest BCUT2D eigenvalue weighted by Gasteiger charge is 2.06. The lowest BCUT2D eigenvalue weighted by atomic mass is 10.2. The fraction of sp³-hybridized carbons (Fsp3) is 0.417. The van der Waals surface area contributed by atoms with E-state index in [0.29, 0.717) is 18.5 Å². The van der Waals surface area contributed by atoms with Crippen molar-refractivity contribution in [3.63, 3.8) is 0 Å². The van der Waals surface area contributed by atoms with Gasteiger partial charge < -0.3 is 4.90 Å². The maximum absolute atomic E-state index is 11.1. The maximum Gasteiger partial charge on any atom is 0.161 e. The molecule has 0 spiro atoms. The summed E-state index contributed by atoms with van der Waals surface area (Å²) in [6.07, 6.45) is 2.05. The summed E-state index contributed by atoms with van der Waals surface area (Å²) in [6, 6.07) is 5.69. The average molecular weight is 217 g/mol. The van der Waals surface area contributed by atoms with E-state index < -0.39 is 0 Å². The molecule has 0 atom stereocenters. The van der Waals surface area contributed by atoms with Crippen LogP contribution in [0.5, 0.6) is 0 Å². The Morgan fingerprint density at radius 1 is 1.56 bits per heavy atom. The number of hydrogen-bond acceptors (Lipinski definition) is 4. The van der Waals surface area contributed by atoms with Gasteiger partial charge in [0.15, 0.2) is 5.78 Å². The standard InChI is InChI=1S/C12H15N3O/c1-3-15(8-4-7-13)12-6-5-11(9-14-12)10(2)16/h5-6,9H,3-4,8H2,1-2H3. The summed E-state index contributed by atoms with van der Waals surface area (Å²) in [4.78, 5) is 17.3. The third kappa shape index (κ3) is 3.06. The molecule has 1 rings (SSSR count). The minimum Gasteiger partial charge on any atom is -0.356 e. The number of aromatic nitrogens is 1. The second-order valence-corrected chi connectivity index (χ2v) is 3.45. The number of ketones is 1. The Balaban J connectivity index is 2.78. The van der Waals surface area contributed by atoms with Gasteiger partial charge in [-0.1, -0.05) is 0 Å². The SMILES string of the molecule is CCN(CCC#N)c1ccc(C(C)=O)cn1. The predicted octanol–water partition coefficient (Wildman–Crippen LogP) is 2.02. The second kappa shape index (κ2) is 5.86. The number of nitriles is 1. The monoisotopic (exact) mass is 217 g/mol. The van der Waals surface area contributed by atoms with Gasteiger partial charge in [-0.15, -0.1) is 0 Å². The molecule has 0 saturated carbocycles. The lowest BCUT2D eigenvalue weighted by molar-refractivity contribution is 0.101. The highest BCUT2D eigenvalue weighted by molar-refractivity contribution is 5.93. The summed E-state index contributed by atoms with van der Waals surface area (Å²) in [6.45, 7) is 5.00. The van der Waals surface area contributed by atoms with Crippen LogP contribution in [0.1, 0.15) is 30.6 Å². The summed E-state index contributed by atoms with van der Waals surface area (Å²) < 4.78 is 0. The van der Waals surface area contributed by atoms with Crippen LogP contribution in [-0.2, 0) is 0 Å². The Morgan fingerprint density at radius 2 is 2.31 bits per heavy atom. The number of hydrogen-bond donors (Lipinski definition) is 0. The molecule has 0 aliphatic heterocycles. The van der Waals surface area contributed by atoms with Crippen LogP contribution in [0.4, 0.5) is 5.82 Å². The fourth-order valence-corrected chi connectivity index (χ4v) is 1.40. The van der Waals surface area contributed by atoms with Crippen LogP contribution in [0.25, 0.3) is 0 Å². The van der Waals surface area contributed by atoms with E-state index in [4.69, 9.17) is 5.26 Å². The molecule has 1 aromatic heterocycles. The van der Waals surface area contributed by atoms with Gasteiger partial charge in [0, 0.05) is 24.8 Å². The van der Waals surface area contributed by atoms with Crippen molar-refractivity contribution in [3.05, 3.63) is 23.9 Å². The highest BCUT2D eigenvalue weighted by Crippen LogP contribution is 2.11. The van der Waals surface area contributed by atoms with Gasteiger partial charge in [0.05, 0.1) is 12.5 Å². The Kier molecular flexibility index (Phi) is 4.46. The first-order chi connectivity index (χ1) is 7.69. The largest absolute Gasteiger partial charge is 0.356 e. The third-order valence-electron chi connectivity index (χ3n) is 2.35. The van der Waals surface area contributed by atoms with Crippen LogP contribution in [0.15, 0.2) is 18.3 Å². The van der Waals surface area contributed by atoms with Crippen LogP contribution in [-0.4, -0.2) is 23.9 Å². The van der Waals surface area contributed by atoms with E-state index in [1.54, 1.807) is 12.3 Å². The molecule has 0 saturated heterocycles. The minimum absolute atomic E-state index is 0.0131. The lowest BCUT2D eigenvalue weighted by Gasteiger charge is -2.20. The fourth-order valence-electron chi connectivity index (χ4n) is 1.40. The number of Topliss-reactive ketones (excluding diaryl/α,β-unsaturated/α-hetero) is 1. The smallest absolute Gasteiger partial charge is 0.161 e. The van der Waals surface area contributed by atoms with Crippen molar-refractivity contribution in [2.75, 3.05) is 18.0 Å².